The Kier molecular flexibility index (Phi) is 14.0. The SMILES string of the molecule is COc1cc(C2NC(=O)c3cc(Cl)ccc3N2)ccc1OCCCCCCCCOc1c(OC)cc(C2=CC(c3cc(OC)c(OC)c(OC)c3)ON2)cc1OC. The van der Waals surface area contributed by atoms with E-state index in [9.17, 15) is 4.79 Å². The van der Waals surface area contributed by atoms with Gasteiger partial charge in [-0.15, -0.1) is 0 Å². The minimum absolute atomic E-state index is 0.189. The fourth-order valence-corrected chi connectivity index (χ4v) is 6.93. The van der Waals surface area contributed by atoms with Crippen molar-refractivity contribution >= 4 is 28.9 Å². The summed E-state index contributed by atoms with van der Waals surface area (Å²) in [6.07, 6.45) is 7.19. The highest BCUT2D eigenvalue weighted by atomic mass is 35.5. The number of unbranched alkanes of at least 4 members (excludes halogenated alkanes) is 5. The lowest BCUT2D eigenvalue weighted by molar-refractivity contribution is 0.0508. The minimum Gasteiger partial charge on any atom is -0.493 e. The quantitative estimate of drug-likeness (QED) is 0.0738. The fraction of sp³-hybridized carbons (Fsp3) is 0.372. The standard InChI is InChI=1S/C43H50ClN3O10/c1-49-35-19-26(42-45-31-15-14-29(44)24-30(31)43(48)46-42)13-16-33(35)55-17-11-9-7-8-10-12-18-56-41-38(52-4)20-27(21-39(41)53-5)32-25-34(57-47-32)28-22-36(50-2)40(54-6)37(23-28)51-3/h13-16,19-25,34,42,45,47H,7-12,17-18H2,1-6H3,(H,46,48). The van der Waals surface area contributed by atoms with Crippen LogP contribution in [0.15, 0.2) is 66.7 Å². The van der Waals surface area contributed by atoms with Crippen molar-refractivity contribution in [2.75, 3.05) is 61.2 Å². The molecule has 0 saturated heterocycles. The largest absolute Gasteiger partial charge is 0.493 e. The zero-order valence-corrected chi connectivity index (χ0v) is 33.9. The summed E-state index contributed by atoms with van der Waals surface area (Å²) in [7, 11) is 9.55. The van der Waals surface area contributed by atoms with Crippen molar-refractivity contribution in [1.82, 2.24) is 10.8 Å². The highest BCUT2D eigenvalue weighted by Crippen LogP contribution is 2.44. The topological polar surface area (TPSA) is 136 Å². The Labute approximate surface area is 338 Å². The second kappa shape index (κ2) is 19.5. The summed E-state index contributed by atoms with van der Waals surface area (Å²) < 4.78 is 45.8. The number of nitrogens with one attached hydrogen (secondary N) is 3. The van der Waals surface area contributed by atoms with Gasteiger partial charge in [-0.05, 0) is 84.6 Å². The maximum atomic E-state index is 12.7. The van der Waals surface area contributed by atoms with E-state index in [1.165, 1.54) is 0 Å². The van der Waals surface area contributed by atoms with E-state index >= 15 is 0 Å². The van der Waals surface area contributed by atoms with Crippen molar-refractivity contribution in [1.29, 1.82) is 0 Å². The monoisotopic (exact) mass is 803 g/mol. The van der Waals surface area contributed by atoms with Crippen LogP contribution >= 0.6 is 11.6 Å². The minimum atomic E-state index is -0.409. The van der Waals surface area contributed by atoms with Gasteiger partial charge in [0.15, 0.2) is 34.5 Å². The van der Waals surface area contributed by atoms with Gasteiger partial charge in [-0.2, -0.15) is 0 Å². The number of hydrogen-bond donors (Lipinski definition) is 3. The number of carbonyl (C=O) groups is 1. The first-order valence-electron chi connectivity index (χ1n) is 18.8. The molecular weight excluding hydrogens is 754 g/mol. The van der Waals surface area contributed by atoms with Crippen molar-refractivity contribution in [2.45, 2.75) is 50.8 Å². The van der Waals surface area contributed by atoms with E-state index in [1.807, 2.05) is 48.5 Å². The lowest BCUT2D eigenvalue weighted by Crippen LogP contribution is -2.38. The van der Waals surface area contributed by atoms with Crippen LogP contribution in [0.25, 0.3) is 5.70 Å². The summed E-state index contributed by atoms with van der Waals surface area (Å²) >= 11 is 6.07. The molecule has 2 unspecified atom stereocenters. The van der Waals surface area contributed by atoms with Gasteiger partial charge in [0, 0.05) is 16.3 Å². The van der Waals surface area contributed by atoms with Gasteiger partial charge < -0.3 is 48.5 Å². The molecule has 13 nitrogen and oxygen atoms in total. The molecule has 2 heterocycles. The average molecular weight is 804 g/mol. The van der Waals surface area contributed by atoms with Crippen molar-refractivity contribution < 1.29 is 47.5 Å². The summed E-state index contributed by atoms with van der Waals surface area (Å²) in [6.45, 7) is 1.10. The van der Waals surface area contributed by atoms with Crippen LogP contribution in [0.5, 0.6) is 46.0 Å². The van der Waals surface area contributed by atoms with Crippen molar-refractivity contribution in [2.24, 2.45) is 0 Å². The molecule has 304 valence electrons. The van der Waals surface area contributed by atoms with Gasteiger partial charge >= 0.3 is 0 Å². The van der Waals surface area contributed by atoms with Crippen LogP contribution in [-0.2, 0) is 4.84 Å². The molecule has 1 amide bonds. The molecule has 0 bridgehead atoms. The third kappa shape index (κ3) is 9.66. The molecule has 0 spiro atoms. The van der Waals surface area contributed by atoms with Gasteiger partial charge in [-0.25, -0.2) is 0 Å². The number of hydroxylamine groups is 1. The summed E-state index contributed by atoms with van der Waals surface area (Å²) in [4.78, 5) is 18.6. The molecule has 57 heavy (non-hydrogen) atoms. The molecule has 2 atom stereocenters. The van der Waals surface area contributed by atoms with Gasteiger partial charge in [0.1, 0.15) is 12.3 Å². The number of carbonyl (C=O) groups excluding carboxylic acids is 1. The number of fused-ring (bicyclic) bond motifs is 1. The number of halogens is 1. The summed E-state index contributed by atoms with van der Waals surface area (Å²) in [5, 5.41) is 6.83. The van der Waals surface area contributed by atoms with E-state index in [1.54, 1.807) is 60.9 Å². The fourth-order valence-electron chi connectivity index (χ4n) is 6.76. The van der Waals surface area contributed by atoms with Gasteiger partial charge in [0.2, 0.25) is 11.5 Å². The molecule has 4 aromatic carbocycles. The molecule has 0 radical (unpaired) electrons. The zero-order chi connectivity index (χ0) is 40.3. The number of methoxy groups -OCH3 is 6. The Morgan fingerprint density at radius 1 is 0.596 bits per heavy atom. The lowest BCUT2D eigenvalue weighted by atomic mass is 10.0. The van der Waals surface area contributed by atoms with Crippen LogP contribution in [0.2, 0.25) is 5.02 Å². The second-order valence-corrected chi connectivity index (χ2v) is 13.8. The van der Waals surface area contributed by atoms with E-state index in [4.69, 9.17) is 54.3 Å². The van der Waals surface area contributed by atoms with Gasteiger partial charge in [-0.1, -0.05) is 43.4 Å². The van der Waals surface area contributed by atoms with Crippen LogP contribution in [0.4, 0.5) is 5.69 Å². The number of hydrogen-bond acceptors (Lipinski definition) is 12. The molecule has 6 rings (SSSR count). The molecule has 4 aromatic rings. The second-order valence-electron chi connectivity index (χ2n) is 13.4. The number of rotatable bonds is 20. The predicted octanol–water partition coefficient (Wildman–Crippen LogP) is 8.66. The first kappa shape index (κ1) is 41.0. The van der Waals surface area contributed by atoms with Crippen LogP contribution in [0.1, 0.15) is 77.8 Å². The van der Waals surface area contributed by atoms with E-state index in [0.717, 1.165) is 66.6 Å². The zero-order valence-electron chi connectivity index (χ0n) is 33.1. The highest BCUT2D eigenvalue weighted by molar-refractivity contribution is 6.31. The molecule has 2 aliphatic heterocycles. The number of amides is 1. The molecule has 0 fully saturated rings. The third-order valence-corrected chi connectivity index (χ3v) is 10.0. The predicted molar refractivity (Wildman–Crippen MR) is 218 cm³/mol. The van der Waals surface area contributed by atoms with Crippen molar-refractivity contribution in [3.05, 3.63) is 94.0 Å². The average Bonchev–Trinajstić information content (AvgIpc) is 3.74. The molecule has 2 aliphatic rings. The van der Waals surface area contributed by atoms with E-state index < -0.39 is 12.3 Å². The van der Waals surface area contributed by atoms with E-state index in [-0.39, 0.29) is 5.91 Å². The van der Waals surface area contributed by atoms with Crippen LogP contribution < -0.4 is 54.0 Å². The Balaban J connectivity index is 0.931. The highest BCUT2D eigenvalue weighted by Gasteiger charge is 2.27. The number of ether oxygens (including phenoxy) is 8. The van der Waals surface area contributed by atoms with Gasteiger partial charge in [-0.3, -0.25) is 15.1 Å². The third-order valence-electron chi connectivity index (χ3n) is 9.77. The smallest absolute Gasteiger partial charge is 0.255 e. The van der Waals surface area contributed by atoms with Crippen LogP contribution in [-0.4, -0.2) is 61.8 Å². The number of benzene rings is 4. The first-order valence-corrected chi connectivity index (χ1v) is 19.2. The number of anilines is 1. The Morgan fingerprint density at radius 2 is 1.19 bits per heavy atom. The van der Waals surface area contributed by atoms with Crippen molar-refractivity contribution in [3.63, 3.8) is 0 Å². The summed E-state index contributed by atoms with van der Waals surface area (Å²) in [5.41, 5.74) is 7.51. The maximum Gasteiger partial charge on any atom is 0.255 e. The summed E-state index contributed by atoms with van der Waals surface area (Å²) in [6, 6.07) is 18.4. The maximum absolute atomic E-state index is 12.7. The lowest BCUT2D eigenvalue weighted by Gasteiger charge is -2.28. The van der Waals surface area contributed by atoms with Gasteiger partial charge in [0.05, 0.1) is 67.1 Å². The molecular formula is C43H50ClN3O10. The molecule has 3 N–H and O–H groups in total. The van der Waals surface area contributed by atoms with Crippen LogP contribution in [0, 0.1) is 0 Å². The van der Waals surface area contributed by atoms with Crippen molar-refractivity contribution in [3.8, 4) is 46.0 Å². The molecule has 0 aliphatic carbocycles. The van der Waals surface area contributed by atoms with Crippen LogP contribution in [0.3, 0.4) is 0 Å². The summed E-state index contributed by atoms with van der Waals surface area (Å²) in [5.74, 6) is 4.35. The van der Waals surface area contributed by atoms with Gasteiger partial charge in [0.25, 0.3) is 5.91 Å². The molecule has 0 aromatic heterocycles. The Hall–Kier alpha value is -5.66. The Morgan fingerprint density at radius 3 is 1.82 bits per heavy atom. The van der Waals surface area contributed by atoms with E-state index in [0.29, 0.717) is 69.8 Å². The first-order chi connectivity index (χ1) is 27.8. The van der Waals surface area contributed by atoms with E-state index in [2.05, 4.69) is 16.1 Å². The molecule has 0 saturated carbocycles. The Bertz CT molecular complexity index is 2010. The normalized spacial score (nSPS) is 15.6. The molecule has 14 heteroatoms.